The van der Waals surface area contributed by atoms with Crippen molar-refractivity contribution in [1.29, 1.82) is 0 Å². The first-order valence-electron chi connectivity index (χ1n) is 5.65. The molecule has 1 aromatic rings. The van der Waals surface area contributed by atoms with Gasteiger partial charge in [0, 0.05) is 17.7 Å². The lowest BCUT2D eigenvalue weighted by atomic mass is 9.93. The summed E-state index contributed by atoms with van der Waals surface area (Å²) in [6.45, 7) is 5.47. The van der Waals surface area contributed by atoms with E-state index in [-0.39, 0.29) is 0 Å². The summed E-state index contributed by atoms with van der Waals surface area (Å²) in [6.07, 6.45) is 3.71. The van der Waals surface area contributed by atoms with Crippen LogP contribution < -0.4 is 10.5 Å². The summed E-state index contributed by atoms with van der Waals surface area (Å²) in [4.78, 5) is 0. The van der Waals surface area contributed by atoms with Gasteiger partial charge >= 0.3 is 0 Å². The molecule has 1 aromatic carbocycles. The lowest BCUT2D eigenvalue weighted by Crippen LogP contribution is -2.12. The highest BCUT2D eigenvalue weighted by molar-refractivity contribution is 5.64. The zero-order valence-electron chi connectivity index (χ0n) is 10.9. The molecule has 0 fully saturated rings. The van der Waals surface area contributed by atoms with Gasteiger partial charge in [-0.25, -0.2) is 4.39 Å². The molecule has 17 heavy (non-hydrogen) atoms. The van der Waals surface area contributed by atoms with Crippen molar-refractivity contribution in [2.75, 3.05) is 13.7 Å². The molecule has 0 spiro atoms. The van der Waals surface area contributed by atoms with E-state index in [2.05, 4.69) is 0 Å². The van der Waals surface area contributed by atoms with Gasteiger partial charge in [-0.2, -0.15) is 0 Å². The maximum absolute atomic E-state index is 14.1. The molecule has 94 valence electrons. The molecule has 0 aliphatic carbocycles. The van der Waals surface area contributed by atoms with E-state index in [1.54, 1.807) is 13.2 Å². The molecule has 0 heterocycles. The highest BCUT2D eigenvalue weighted by atomic mass is 19.1. The number of ether oxygens (including phenoxy) is 1. The molecular formula is C14H20FNO. The van der Waals surface area contributed by atoms with Crippen molar-refractivity contribution >= 4 is 6.08 Å². The Balaban J connectivity index is 3.42. The number of aryl methyl sites for hydroxylation is 1. The van der Waals surface area contributed by atoms with Crippen molar-refractivity contribution < 1.29 is 9.13 Å². The van der Waals surface area contributed by atoms with Crippen molar-refractivity contribution in [2.45, 2.75) is 26.4 Å². The molecule has 0 bridgehead atoms. The Bertz CT molecular complexity index is 419. The summed E-state index contributed by atoms with van der Waals surface area (Å²) in [6, 6.07) is 3.67. The van der Waals surface area contributed by atoms with Crippen LogP contribution in [0, 0.1) is 6.92 Å². The van der Waals surface area contributed by atoms with Crippen LogP contribution in [-0.2, 0) is 5.67 Å². The molecule has 0 atom stereocenters. The predicted octanol–water partition coefficient (Wildman–Crippen LogP) is 3.18. The van der Waals surface area contributed by atoms with Crippen LogP contribution in [0.15, 0.2) is 18.2 Å². The lowest BCUT2D eigenvalue weighted by molar-refractivity contribution is 0.213. The maximum atomic E-state index is 14.1. The van der Waals surface area contributed by atoms with Gasteiger partial charge in [0.25, 0.3) is 0 Å². The van der Waals surface area contributed by atoms with Crippen LogP contribution >= 0.6 is 0 Å². The first kappa shape index (κ1) is 13.7. The van der Waals surface area contributed by atoms with E-state index < -0.39 is 5.67 Å². The minimum Gasteiger partial charge on any atom is -0.496 e. The van der Waals surface area contributed by atoms with Gasteiger partial charge in [0.05, 0.1) is 7.11 Å². The summed E-state index contributed by atoms with van der Waals surface area (Å²) in [5.41, 5.74) is 6.50. The minimum atomic E-state index is -1.43. The van der Waals surface area contributed by atoms with E-state index in [1.165, 1.54) is 13.8 Å². The van der Waals surface area contributed by atoms with Gasteiger partial charge in [-0.05, 0) is 26.3 Å². The van der Waals surface area contributed by atoms with Gasteiger partial charge in [-0.3, -0.25) is 0 Å². The van der Waals surface area contributed by atoms with Crippen LogP contribution in [0.1, 0.15) is 30.5 Å². The second-order valence-electron chi connectivity index (χ2n) is 4.49. The summed E-state index contributed by atoms with van der Waals surface area (Å²) in [7, 11) is 1.56. The number of benzene rings is 1. The third kappa shape index (κ3) is 3.07. The normalized spacial score (nSPS) is 12.1. The molecule has 0 saturated heterocycles. The first-order valence-corrected chi connectivity index (χ1v) is 5.65. The summed E-state index contributed by atoms with van der Waals surface area (Å²) in [5, 5.41) is 0. The lowest BCUT2D eigenvalue weighted by Gasteiger charge is -2.21. The number of hydrogen-bond donors (Lipinski definition) is 1. The molecule has 0 radical (unpaired) electrons. The number of methoxy groups -OCH3 is 1. The molecule has 0 aromatic heterocycles. The first-order chi connectivity index (χ1) is 7.91. The topological polar surface area (TPSA) is 35.2 Å². The smallest absolute Gasteiger partial charge is 0.134 e. The second-order valence-corrected chi connectivity index (χ2v) is 4.49. The Morgan fingerprint density at radius 2 is 2.06 bits per heavy atom. The molecule has 0 saturated carbocycles. The fourth-order valence-corrected chi connectivity index (χ4v) is 1.78. The third-order valence-electron chi connectivity index (χ3n) is 2.68. The van der Waals surface area contributed by atoms with Gasteiger partial charge < -0.3 is 10.5 Å². The van der Waals surface area contributed by atoms with Crippen LogP contribution in [0.4, 0.5) is 4.39 Å². The molecule has 0 aliphatic heterocycles. The fraction of sp³-hybridized carbons (Fsp3) is 0.429. The summed E-state index contributed by atoms with van der Waals surface area (Å²) < 4.78 is 19.4. The number of hydrogen-bond acceptors (Lipinski definition) is 2. The molecule has 0 amide bonds. The molecule has 0 aliphatic rings. The van der Waals surface area contributed by atoms with Crippen molar-refractivity contribution in [3.05, 3.63) is 34.9 Å². The minimum absolute atomic E-state index is 0.450. The Morgan fingerprint density at radius 1 is 1.41 bits per heavy atom. The van der Waals surface area contributed by atoms with Crippen LogP contribution in [0.5, 0.6) is 5.75 Å². The number of alkyl halides is 1. The van der Waals surface area contributed by atoms with Crippen molar-refractivity contribution in [3.8, 4) is 5.75 Å². The molecule has 0 unspecified atom stereocenters. The maximum Gasteiger partial charge on any atom is 0.134 e. The molecular weight excluding hydrogens is 217 g/mol. The molecule has 2 nitrogen and oxygen atoms in total. The van der Waals surface area contributed by atoms with Gasteiger partial charge in [0.2, 0.25) is 0 Å². The summed E-state index contributed by atoms with van der Waals surface area (Å²) >= 11 is 0. The highest BCUT2D eigenvalue weighted by Gasteiger charge is 2.25. The average Bonchev–Trinajstić information content (AvgIpc) is 2.25. The molecule has 3 heteroatoms. The van der Waals surface area contributed by atoms with E-state index >= 15 is 0 Å². The molecule has 2 N–H and O–H groups in total. The zero-order chi connectivity index (χ0) is 13.1. The second kappa shape index (κ2) is 5.32. The van der Waals surface area contributed by atoms with Gasteiger partial charge in [-0.15, -0.1) is 0 Å². The number of nitrogens with two attached hydrogens (primary N) is 1. The Kier molecular flexibility index (Phi) is 4.29. The van der Waals surface area contributed by atoms with Crippen LogP contribution in [-0.4, -0.2) is 13.7 Å². The SMILES string of the molecule is COc1c(C(C)(C)F)ccc(C)c1/C=C/CN. The van der Waals surface area contributed by atoms with Crippen LogP contribution in [0.25, 0.3) is 6.08 Å². The van der Waals surface area contributed by atoms with E-state index in [9.17, 15) is 4.39 Å². The third-order valence-corrected chi connectivity index (χ3v) is 2.68. The van der Waals surface area contributed by atoms with Crippen molar-refractivity contribution in [2.24, 2.45) is 5.73 Å². The Hall–Kier alpha value is -1.35. The largest absolute Gasteiger partial charge is 0.496 e. The van der Waals surface area contributed by atoms with E-state index in [4.69, 9.17) is 10.5 Å². The van der Waals surface area contributed by atoms with Crippen LogP contribution in [0.2, 0.25) is 0 Å². The molecule has 1 rings (SSSR count). The average molecular weight is 237 g/mol. The summed E-state index contributed by atoms with van der Waals surface area (Å²) in [5.74, 6) is 0.585. The standard InChI is InChI=1S/C14H20FNO/c1-10-7-8-12(14(2,3)15)13(17-4)11(10)6-5-9-16/h5-8H,9,16H2,1-4H3/b6-5+. The highest BCUT2D eigenvalue weighted by Crippen LogP contribution is 2.37. The van der Waals surface area contributed by atoms with Crippen molar-refractivity contribution in [3.63, 3.8) is 0 Å². The predicted molar refractivity (Wildman–Crippen MR) is 70.0 cm³/mol. The Labute approximate surface area is 102 Å². The van der Waals surface area contributed by atoms with Gasteiger partial charge in [0.15, 0.2) is 0 Å². The number of rotatable bonds is 4. The van der Waals surface area contributed by atoms with E-state index in [0.29, 0.717) is 17.9 Å². The fourth-order valence-electron chi connectivity index (χ4n) is 1.78. The Morgan fingerprint density at radius 3 is 2.53 bits per heavy atom. The quantitative estimate of drug-likeness (QED) is 0.873. The van der Waals surface area contributed by atoms with E-state index in [0.717, 1.165) is 11.1 Å². The zero-order valence-corrected chi connectivity index (χ0v) is 10.9. The van der Waals surface area contributed by atoms with Gasteiger partial charge in [0.1, 0.15) is 11.4 Å². The number of halogens is 1. The van der Waals surface area contributed by atoms with Crippen molar-refractivity contribution in [1.82, 2.24) is 0 Å². The van der Waals surface area contributed by atoms with Crippen LogP contribution in [0.3, 0.4) is 0 Å². The van der Waals surface area contributed by atoms with Gasteiger partial charge in [-0.1, -0.05) is 24.3 Å². The van der Waals surface area contributed by atoms with E-state index in [1.807, 2.05) is 25.1 Å². The monoisotopic (exact) mass is 237 g/mol.